The number of aliphatic imine (C=N–C) groups is 1. The topological polar surface area (TPSA) is 45.7 Å². The number of guanidine groups is 1. The Bertz CT molecular complexity index is 632. The first kappa shape index (κ1) is 19.8. The Kier molecular flexibility index (Phi) is 9.01. The lowest BCUT2D eigenvalue weighted by Gasteiger charge is -2.12. The third-order valence-corrected chi connectivity index (χ3v) is 3.72. The molecule has 2 aromatic carbocycles. The number of ether oxygens (including phenoxy) is 1. The number of nitrogens with zero attached hydrogens (tertiary/aromatic N) is 1. The van der Waals surface area contributed by atoms with Crippen molar-refractivity contribution in [2.75, 3.05) is 14.2 Å². The van der Waals surface area contributed by atoms with Gasteiger partial charge in [0.15, 0.2) is 5.96 Å². The molecule has 0 saturated heterocycles. The largest absolute Gasteiger partial charge is 0.497 e. The lowest BCUT2D eigenvalue weighted by Crippen LogP contribution is -2.36. The van der Waals surface area contributed by atoms with E-state index in [0.717, 1.165) is 28.3 Å². The molecule has 0 unspecified atom stereocenters. The molecule has 124 valence electrons. The molecule has 2 N–H and O–H groups in total. The van der Waals surface area contributed by atoms with Crippen LogP contribution in [-0.2, 0) is 13.1 Å². The molecular formula is C17H21BrIN3O. The van der Waals surface area contributed by atoms with Gasteiger partial charge in [-0.05, 0) is 35.4 Å². The van der Waals surface area contributed by atoms with Gasteiger partial charge in [-0.3, -0.25) is 4.99 Å². The molecule has 0 amide bonds. The molecule has 0 aliphatic rings. The van der Waals surface area contributed by atoms with Crippen molar-refractivity contribution in [1.82, 2.24) is 10.6 Å². The Morgan fingerprint density at radius 1 is 1.04 bits per heavy atom. The normalized spacial score (nSPS) is 10.7. The predicted octanol–water partition coefficient (Wildman–Crippen LogP) is 3.94. The average Bonchev–Trinajstić information content (AvgIpc) is 2.57. The van der Waals surface area contributed by atoms with Gasteiger partial charge >= 0.3 is 0 Å². The highest BCUT2D eigenvalue weighted by molar-refractivity contribution is 14.0. The predicted molar refractivity (Wildman–Crippen MR) is 110 cm³/mol. The van der Waals surface area contributed by atoms with Crippen LogP contribution in [0.15, 0.2) is 58.0 Å². The van der Waals surface area contributed by atoms with Crippen molar-refractivity contribution >= 4 is 45.9 Å². The van der Waals surface area contributed by atoms with Crippen molar-refractivity contribution in [2.24, 2.45) is 4.99 Å². The molecule has 6 heteroatoms. The van der Waals surface area contributed by atoms with Crippen molar-refractivity contribution in [1.29, 1.82) is 0 Å². The van der Waals surface area contributed by atoms with Gasteiger partial charge < -0.3 is 15.4 Å². The van der Waals surface area contributed by atoms with Gasteiger partial charge in [0.25, 0.3) is 0 Å². The van der Waals surface area contributed by atoms with Gasteiger partial charge in [0.1, 0.15) is 5.75 Å². The first-order chi connectivity index (χ1) is 10.7. The standard InChI is InChI=1S/C17H20BrN3O.HI/c1-19-17(20-11-13-6-8-15(18)9-7-13)21-12-14-4-3-5-16(10-14)22-2;/h3-10H,11-12H2,1-2H3,(H2,19,20,21);1H. The summed E-state index contributed by atoms with van der Waals surface area (Å²) < 4.78 is 6.31. The number of hydrogen-bond acceptors (Lipinski definition) is 2. The fraction of sp³-hybridized carbons (Fsp3) is 0.235. The molecular weight excluding hydrogens is 469 g/mol. The van der Waals surface area contributed by atoms with Crippen LogP contribution in [-0.4, -0.2) is 20.1 Å². The molecule has 23 heavy (non-hydrogen) atoms. The van der Waals surface area contributed by atoms with E-state index in [9.17, 15) is 0 Å². The zero-order valence-electron chi connectivity index (χ0n) is 13.2. The quantitative estimate of drug-likeness (QED) is 0.380. The van der Waals surface area contributed by atoms with Crippen molar-refractivity contribution in [3.63, 3.8) is 0 Å². The van der Waals surface area contributed by atoms with Crippen molar-refractivity contribution in [2.45, 2.75) is 13.1 Å². The lowest BCUT2D eigenvalue weighted by atomic mass is 10.2. The van der Waals surface area contributed by atoms with Crippen LogP contribution in [0.3, 0.4) is 0 Å². The molecule has 2 rings (SSSR count). The minimum atomic E-state index is 0. The first-order valence-electron chi connectivity index (χ1n) is 7.03. The minimum Gasteiger partial charge on any atom is -0.497 e. The van der Waals surface area contributed by atoms with Gasteiger partial charge in [-0.25, -0.2) is 0 Å². The SMILES string of the molecule is CN=C(NCc1ccc(Br)cc1)NCc1cccc(OC)c1.I. The van der Waals surface area contributed by atoms with Crippen LogP contribution in [0.5, 0.6) is 5.75 Å². The summed E-state index contributed by atoms with van der Waals surface area (Å²) in [6.45, 7) is 1.42. The van der Waals surface area contributed by atoms with Crippen molar-refractivity contribution < 1.29 is 4.74 Å². The van der Waals surface area contributed by atoms with Crippen LogP contribution in [0.4, 0.5) is 0 Å². The zero-order chi connectivity index (χ0) is 15.8. The highest BCUT2D eigenvalue weighted by Crippen LogP contribution is 2.12. The monoisotopic (exact) mass is 489 g/mol. The van der Waals surface area contributed by atoms with E-state index in [1.165, 1.54) is 5.56 Å². The van der Waals surface area contributed by atoms with Gasteiger partial charge in [0.2, 0.25) is 0 Å². The van der Waals surface area contributed by atoms with E-state index in [1.807, 2.05) is 30.3 Å². The number of halogens is 2. The van der Waals surface area contributed by atoms with Crippen LogP contribution in [0.25, 0.3) is 0 Å². The van der Waals surface area contributed by atoms with E-state index in [-0.39, 0.29) is 24.0 Å². The van der Waals surface area contributed by atoms with Crippen LogP contribution < -0.4 is 15.4 Å². The zero-order valence-corrected chi connectivity index (χ0v) is 17.1. The highest BCUT2D eigenvalue weighted by Gasteiger charge is 2.00. The van der Waals surface area contributed by atoms with E-state index in [1.54, 1.807) is 14.2 Å². The second kappa shape index (κ2) is 10.5. The van der Waals surface area contributed by atoms with Crippen LogP contribution in [0, 0.1) is 0 Å². The van der Waals surface area contributed by atoms with Gasteiger partial charge in [-0.2, -0.15) is 0 Å². The molecule has 0 radical (unpaired) electrons. The Balaban J connectivity index is 0.00000264. The molecule has 2 aromatic rings. The van der Waals surface area contributed by atoms with Crippen LogP contribution in [0.2, 0.25) is 0 Å². The summed E-state index contributed by atoms with van der Waals surface area (Å²) in [5.41, 5.74) is 2.35. The molecule has 0 heterocycles. The Hall–Kier alpha value is -1.28. The molecule has 0 saturated carbocycles. The van der Waals surface area contributed by atoms with Crippen LogP contribution in [0.1, 0.15) is 11.1 Å². The second-order valence-corrected chi connectivity index (χ2v) is 5.67. The summed E-state index contributed by atoms with van der Waals surface area (Å²) in [6, 6.07) is 16.2. The minimum absolute atomic E-state index is 0. The number of hydrogen-bond donors (Lipinski definition) is 2. The number of nitrogens with one attached hydrogen (secondary N) is 2. The summed E-state index contributed by atoms with van der Waals surface area (Å²) in [5.74, 6) is 1.63. The van der Waals surface area contributed by atoms with E-state index in [0.29, 0.717) is 6.54 Å². The summed E-state index contributed by atoms with van der Waals surface area (Å²) >= 11 is 3.43. The Morgan fingerprint density at radius 2 is 1.70 bits per heavy atom. The smallest absolute Gasteiger partial charge is 0.191 e. The van der Waals surface area contributed by atoms with E-state index >= 15 is 0 Å². The average molecular weight is 490 g/mol. The van der Waals surface area contributed by atoms with E-state index in [4.69, 9.17) is 4.74 Å². The van der Waals surface area contributed by atoms with E-state index in [2.05, 4.69) is 49.8 Å². The summed E-state index contributed by atoms with van der Waals surface area (Å²) in [5, 5.41) is 6.59. The third kappa shape index (κ3) is 6.78. The van der Waals surface area contributed by atoms with Gasteiger partial charge in [-0.1, -0.05) is 40.2 Å². The Morgan fingerprint density at radius 3 is 2.30 bits per heavy atom. The van der Waals surface area contributed by atoms with Gasteiger partial charge in [0, 0.05) is 24.6 Å². The Labute approximate surface area is 162 Å². The summed E-state index contributed by atoms with van der Waals surface area (Å²) in [6.07, 6.45) is 0. The number of benzene rings is 2. The van der Waals surface area contributed by atoms with E-state index < -0.39 is 0 Å². The fourth-order valence-electron chi connectivity index (χ4n) is 1.98. The second-order valence-electron chi connectivity index (χ2n) is 4.76. The first-order valence-corrected chi connectivity index (χ1v) is 7.82. The van der Waals surface area contributed by atoms with Crippen molar-refractivity contribution in [3.8, 4) is 5.75 Å². The molecule has 0 aromatic heterocycles. The molecule has 0 spiro atoms. The maximum atomic E-state index is 5.23. The molecule has 0 bridgehead atoms. The maximum absolute atomic E-state index is 5.23. The number of methoxy groups -OCH3 is 1. The molecule has 0 fully saturated rings. The maximum Gasteiger partial charge on any atom is 0.191 e. The highest BCUT2D eigenvalue weighted by atomic mass is 127. The molecule has 0 atom stereocenters. The summed E-state index contributed by atoms with van der Waals surface area (Å²) in [7, 11) is 3.44. The number of rotatable bonds is 5. The van der Waals surface area contributed by atoms with Crippen LogP contribution >= 0.6 is 39.9 Å². The van der Waals surface area contributed by atoms with Gasteiger partial charge in [-0.15, -0.1) is 24.0 Å². The lowest BCUT2D eigenvalue weighted by molar-refractivity contribution is 0.414. The third-order valence-electron chi connectivity index (χ3n) is 3.19. The van der Waals surface area contributed by atoms with Crippen molar-refractivity contribution in [3.05, 3.63) is 64.1 Å². The molecule has 0 aliphatic carbocycles. The summed E-state index contributed by atoms with van der Waals surface area (Å²) in [4.78, 5) is 4.23. The molecule has 0 aliphatic heterocycles. The molecule has 4 nitrogen and oxygen atoms in total. The van der Waals surface area contributed by atoms with Gasteiger partial charge in [0.05, 0.1) is 7.11 Å². The fourth-order valence-corrected chi connectivity index (χ4v) is 2.24.